The first kappa shape index (κ1) is 8.28. The maximum Gasteiger partial charge on any atom is 0.213 e. The molecule has 0 heterocycles. The lowest BCUT2D eigenvalue weighted by atomic mass is 10.2. The number of hydrogen-bond acceptors (Lipinski definition) is 2. The van der Waals surface area contributed by atoms with Crippen LogP contribution in [0.2, 0.25) is 0 Å². The molecule has 0 aliphatic heterocycles. The smallest absolute Gasteiger partial charge is 0.213 e. The molecule has 60 valence electrons. The maximum absolute atomic E-state index is 10.3. The molecule has 1 aromatic carbocycles. The van der Waals surface area contributed by atoms with Gasteiger partial charge >= 0.3 is 0 Å². The Labute approximate surface area is 70.8 Å². The fourth-order valence-corrected chi connectivity index (χ4v) is 0.856. The van der Waals surface area contributed by atoms with Gasteiger partial charge in [-0.1, -0.05) is 6.07 Å². The van der Waals surface area contributed by atoms with Crippen molar-refractivity contribution in [2.75, 3.05) is 11.9 Å². The van der Waals surface area contributed by atoms with Gasteiger partial charge in [0.25, 0.3) is 0 Å². The first-order valence-electron chi connectivity index (χ1n) is 3.46. The van der Waals surface area contributed by atoms with E-state index in [1.165, 1.54) is 4.90 Å². The van der Waals surface area contributed by atoms with Crippen molar-refractivity contribution in [2.24, 2.45) is 0 Å². The molecule has 1 amide bonds. The van der Waals surface area contributed by atoms with E-state index in [1.807, 2.05) is 6.07 Å². The van der Waals surface area contributed by atoms with Crippen molar-refractivity contribution in [1.82, 2.24) is 0 Å². The number of carbonyl (C=O) groups excluding carboxylic acids is 1. The molecule has 0 aliphatic rings. The minimum Gasteiger partial charge on any atom is -0.318 e. The van der Waals surface area contributed by atoms with Crippen molar-refractivity contribution in [3.8, 4) is 6.07 Å². The monoisotopic (exact) mass is 160 g/mol. The quantitative estimate of drug-likeness (QED) is 0.609. The summed E-state index contributed by atoms with van der Waals surface area (Å²) in [6, 6.07) is 8.88. The molecule has 0 atom stereocenters. The third kappa shape index (κ3) is 1.61. The second-order valence-electron chi connectivity index (χ2n) is 2.38. The fraction of sp³-hybridized carbons (Fsp3) is 0.111. The van der Waals surface area contributed by atoms with E-state index in [9.17, 15) is 4.79 Å². The Kier molecular flexibility index (Phi) is 2.44. The van der Waals surface area contributed by atoms with Crippen molar-refractivity contribution in [3.05, 3.63) is 29.8 Å². The van der Waals surface area contributed by atoms with Crippen LogP contribution < -0.4 is 4.90 Å². The lowest BCUT2D eigenvalue weighted by molar-refractivity contribution is -0.107. The Balaban J connectivity index is 3.03. The molecule has 12 heavy (non-hydrogen) atoms. The number of nitrogens with zero attached hydrogens (tertiary/aromatic N) is 2. The second kappa shape index (κ2) is 3.54. The predicted molar refractivity (Wildman–Crippen MR) is 45.6 cm³/mol. The SMILES string of the molecule is CN(C=O)c1cccc(C#N)c1. The Morgan fingerprint density at radius 3 is 2.92 bits per heavy atom. The summed E-state index contributed by atoms with van der Waals surface area (Å²) in [5.74, 6) is 0. The molecule has 3 nitrogen and oxygen atoms in total. The normalized spacial score (nSPS) is 8.67. The van der Waals surface area contributed by atoms with Gasteiger partial charge in [0.1, 0.15) is 0 Å². The van der Waals surface area contributed by atoms with E-state index >= 15 is 0 Å². The van der Waals surface area contributed by atoms with Gasteiger partial charge in [-0.25, -0.2) is 0 Å². The van der Waals surface area contributed by atoms with E-state index in [2.05, 4.69) is 0 Å². The summed E-state index contributed by atoms with van der Waals surface area (Å²) in [6.45, 7) is 0. The van der Waals surface area contributed by atoms with Crippen LogP contribution in [0.15, 0.2) is 24.3 Å². The summed E-state index contributed by atoms with van der Waals surface area (Å²) in [4.78, 5) is 11.8. The lowest BCUT2D eigenvalue weighted by Crippen LogP contribution is -2.13. The molecule has 0 saturated heterocycles. The Morgan fingerprint density at radius 1 is 1.58 bits per heavy atom. The maximum atomic E-state index is 10.3. The molecular weight excluding hydrogens is 152 g/mol. The molecule has 0 N–H and O–H groups in total. The highest BCUT2D eigenvalue weighted by molar-refractivity contribution is 5.74. The molecule has 0 spiro atoms. The summed E-state index contributed by atoms with van der Waals surface area (Å²) >= 11 is 0. The zero-order valence-corrected chi connectivity index (χ0v) is 6.69. The van der Waals surface area contributed by atoms with Gasteiger partial charge in [-0.05, 0) is 18.2 Å². The average molecular weight is 160 g/mol. The summed E-state index contributed by atoms with van der Waals surface area (Å²) in [6.07, 6.45) is 0.705. The summed E-state index contributed by atoms with van der Waals surface area (Å²) in [5.41, 5.74) is 1.28. The van der Waals surface area contributed by atoms with Gasteiger partial charge in [-0.2, -0.15) is 5.26 Å². The van der Waals surface area contributed by atoms with Crippen LogP contribution in [0.1, 0.15) is 5.56 Å². The molecule has 0 saturated carbocycles. The van der Waals surface area contributed by atoms with E-state index in [4.69, 9.17) is 5.26 Å². The van der Waals surface area contributed by atoms with Crippen molar-refractivity contribution >= 4 is 12.1 Å². The molecule has 1 aromatic rings. The van der Waals surface area contributed by atoms with Gasteiger partial charge < -0.3 is 4.90 Å². The van der Waals surface area contributed by atoms with Crippen LogP contribution in [-0.2, 0) is 4.79 Å². The van der Waals surface area contributed by atoms with Gasteiger partial charge in [-0.3, -0.25) is 4.79 Å². The highest BCUT2D eigenvalue weighted by Crippen LogP contribution is 2.12. The van der Waals surface area contributed by atoms with Crippen molar-refractivity contribution in [3.63, 3.8) is 0 Å². The Morgan fingerprint density at radius 2 is 2.33 bits per heavy atom. The molecule has 0 radical (unpaired) electrons. The van der Waals surface area contributed by atoms with Crippen LogP contribution in [-0.4, -0.2) is 13.5 Å². The van der Waals surface area contributed by atoms with Crippen LogP contribution in [0.25, 0.3) is 0 Å². The number of amides is 1. The van der Waals surface area contributed by atoms with Gasteiger partial charge in [0.05, 0.1) is 11.6 Å². The third-order valence-corrected chi connectivity index (χ3v) is 1.54. The lowest BCUT2D eigenvalue weighted by Gasteiger charge is -2.09. The van der Waals surface area contributed by atoms with Gasteiger partial charge in [-0.15, -0.1) is 0 Å². The third-order valence-electron chi connectivity index (χ3n) is 1.54. The van der Waals surface area contributed by atoms with E-state index in [0.717, 1.165) is 5.69 Å². The van der Waals surface area contributed by atoms with Crippen LogP contribution in [0, 0.1) is 11.3 Å². The molecule has 0 unspecified atom stereocenters. The minimum atomic E-state index is 0.557. The zero-order chi connectivity index (χ0) is 8.97. The zero-order valence-electron chi connectivity index (χ0n) is 6.69. The number of anilines is 1. The summed E-state index contributed by atoms with van der Waals surface area (Å²) in [7, 11) is 1.64. The first-order chi connectivity index (χ1) is 5.77. The van der Waals surface area contributed by atoms with Gasteiger partial charge in [0.2, 0.25) is 6.41 Å². The summed E-state index contributed by atoms with van der Waals surface area (Å²) in [5, 5.41) is 8.56. The highest BCUT2D eigenvalue weighted by Gasteiger charge is 1.98. The molecular formula is C9H8N2O. The Hall–Kier alpha value is -1.82. The molecule has 1 rings (SSSR count). The number of carbonyl (C=O) groups is 1. The predicted octanol–water partition coefficient (Wildman–Crippen LogP) is 1.15. The van der Waals surface area contributed by atoms with E-state index < -0.39 is 0 Å². The molecule has 0 bridgehead atoms. The van der Waals surface area contributed by atoms with Gasteiger partial charge in [0, 0.05) is 12.7 Å². The number of rotatable bonds is 2. The molecule has 3 heteroatoms. The van der Waals surface area contributed by atoms with Crippen LogP contribution in [0.3, 0.4) is 0 Å². The van der Waals surface area contributed by atoms with Crippen molar-refractivity contribution in [1.29, 1.82) is 5.26 Å². The summed E-state index contributed by atoms with van der Waals surface area (Å²) < 4.78 is 0. The first-order valence-corrected chi connectivity index (χ1v) is 3.46. The number of benzene rings is 1. The molecule has 0 aromatic heterocycles. The van der Waals surface area contributed by atoms with Crippen LogP contribution >= 0.6 is 0 Å². The highest BCUT2D eigenvalue weighted by atomic mass is 16.1. The number of hydrogen-bond donors (Lipinski definition) is 0. The standard InChI is InChI=1S/C9H8N2O/c1-11(7-12)9-4-2-3-8(5-9)6-10/h2-5,7H,1H3. The van der Waals surface area contributed by atoms with Crippen molar-refractivity contribution < 1.29 is 4.79 Å². The number of nitriles is 1. The van der Waals surface area contributed by atoms with Crippen LogP contribution in [0.4, 0.5) is 5.69 Å². The van der Waals surface area contributed by atoms with E-state index in [0.29, 0.717) is 12.0 Å². The Bertz CT molecular complexity index is 328. The minimum absolute atomic E-state index is 0.557. The topological polar surface area (TPSA) is 44.1 Å². The average Bonchev–Trinajstić information content (AvgIpc) is 2.17. The molecule has 0 fully saturated rings. The van der Waals surface area contributed by atoms with Gasteiger partial charge in [0.15, 0.2) is 0 Å². The van der Waals surface area contributed by atoms with Crippen molar-refractivity contribution in [2.45, 2.75) is 0 Å². The largest absolute Gasteiger partial charge is 0.318 e. The van der Waals surface area contributed by atoms with E-state index in [-0.39, 0.29) is 0 Å². The van der Waals surface area contributed by atoms with Crippen LogP contribution in [0.5, 0.6) is 0 Å². The van der Waals surface area contributed by atoms with E-state index in [1.54, 1.807) is 31.3 Å². The second-order valence-corrected chi connectivity index (χ2v) is 2.38. The molecule has 0 aliphatic carbocycles. The fourth-order valence-electron chi connectivity index (χ4n) is 0.856.